The number of hydrogen-bond acceptors (Lipinski definition) is 7. The van der Waals surface area contributed by atoms with Gasteiger partial charge in [0.05, 0.1) is 19.8 Å². The zero-order valence-corrected chi connectivity index (χ0v) is 14.7. The molecule has 1 atom stereocenters. The quantitative estimate of drug-likeness (QED) is 0.772. The van der Waals surface area contributed by atoms with Crippen molar-refractivity contribution in [2.45, 2.75) is 5.92 Å². The number of ether oxygens (including phenoxy) is 6. The van der Waals surface area contributed by atoms with Gasteiger partial charge in [-0.15, -0.1) is 0 Å². The van der Waals surface area contributed by atoms with E-state index in [1.165, 1.54) is 0 Å². The molecule has 0 aliphatic carbocycles. The van der Waals surface area contributed by atoms with Gasteiger partial charge in [-0.05, 0) is 35.9 Å². The Bertz CT molecular complexity index is 992. The van der Waals surface area contributed by atoms with E-state index >= 15 is 0 Å². The summed E-state index contributed by atoms with van der Waals surface area (Å²) in [6.45, 7) is 0.251. The molecule has 0 N–H and O–H groups in total. The van der Waals surface area contributed by atoms with Gasteiger partial charge in [0.2, 0.25) is 12.5 Å². The fourth-order valence-electron chi connectivity index (χ4n) is 3.69. The molecule has 7 heteroatoms. The third kappa shape index (κ3) is 2.31. The Hall–Kier alpha value is -3.35. The van der Waals surface area contributed by atoms with Crippen LogP contribution < -0.4 is 23.7 Å². The summed E-state index contributed by atoms with van der Waals surface area (Å²) >= 11 is 0. The molecule has 0 saturated heterocycles. The van der Waals surface area contributed by atoms with Crippen LogP contribution in [0, 0.1) is 0 Å². The lowest BCUT2D eigenvalue weighted by atomic mass is 9.82. The second-order valence-corrected chi connectivity index (χ2v) is 6.31. The second kappa shape index (κ2) is 5.84. The SMILES string of the molecule is COc1ccc2c(c1)[C@@H](c1cc(OC)c3c(c1)OCO3)C1=C(COC1=O)O2. The normalized spacial score (nSPS) is 19.2. The van der Waals surface area contributed by atoms with Gasteiger partial charge in [0, 0.05) is 11.5 Å². The molecule has 0 saturated carbocycles. The minimum absolute atomic E-state index is 0.123. The summed E-state index contributed by atoms with van der Waals surface area (Å²) in [7, 11) is 3.16. The number of fused-ring (bicyclic) bond motifs is 2. The molecule has 3 aliphatic heterocycles. The first-order valence-electron chi connectivity index (χ1n) is 8.43. The summed E-state index contributed by atoms with van der Waals surface area (Å²) in [6.07, 6.45) is 0. The molecular weight excluding hydrogens is 352 g/mol. The van der Waals surface area contributed by atoms with Crippen LogP contribution in [0.3, 0.4) is 0 Å². The molecule has 0 spiro atoms. The largest absolute Gasteiger partial charge is 0.497 e. The monoisotopic (exact) mass is 368 g/mol. The van der Waals surface area contributed by atoms with Gasteiger partial charge in [-0.2, -0.15) is 0 Å². The Morgan fingerprint density at radius 2 is 1.89 bits per heavy atom. The summed E-state index contributed by atoms with van der Waals surface area (Å²) in [5.41, 5.74) is 2.12. The fraction of sp³-hybridized carbons (Fsp3) is 0.250. The Kier molecular flexibility index (Phi) is 3.43. The van der Waals surface area contributed by atoms with Crippen LogP contribution in [0.4, 0.5) is 0 Å². The molecule has 0 fully saturated rings. The van der Waals surface area contributed by atoms with Gasteiger partial charge in [-0.1, -0.05) is 0 Å². The van der Waals surface area contributed by atoms with E-state index in [-0.39, 0.29) is 19.4 Å². The summed E-state index contributed by atoms with van der Waals surface area (Å²) in [4.78, 5) is 12.5. The molecule has 0 aromatic heterocycles. The zero-order valence-electron chi connectivity index (χ0n) is 14.7. The first kappa shape index (κ1) is 15.9. The number of benzene rings is 2. The lowest BCUT2D eigenvalue weighted by molar-refractivity contribution is -0.136. The molecule has 0 unspecified atom stereocenters. The van der Waals surface area contributed by atoms with Gasteiger partial charge in [0.25, 0.3) is 0 Å². The van der Waals surface area contributed by atoms with E-state index in [1.807, 2.05) is 30.3 Å². The minimum Gasteiger partial charge on any atom is -0.497 e. The van der Waals surface area contributed by atoms with Gasteiger partial charge in [0.1, 0.15) is 18.1 Å². The third-order valence-corrected chi connectivity index (χ3v) is 4.92. The lowest BCUT2D eigenvalue weighted by Crippen LogP contribution is -2.18. The Morgan fingerprint density at radius 1 is 1.00 bits per heavy atom. The molecule has 5 rings (SSSR count). The number of esters is 1. The lowest BCUT2D eigenvalue weighted by Gasteiger charge is -2.26. The molecule has 2 aromatic rings. The molecule has 138 valence electrons. The second-order valence-electron chi connectivity index (χ2n) is 6.31. The van der Waals surface area contributed by atoms with Crippen LogP contribution in [0.1, 0.15) is 17.0 Å². The van der Waals surface area contributed by atoms with Crippen LogP contribution in [0.2, 0.25) is 0 Å². The summed E-state index contributed by atoms with van der Waals surface area (Å²) in [6, 6.07) is 9.23. The first-order valence-corrected chi connectivity index (χ1v) is 8.43. The topological polar surface area (TPSA) is 72.5 Å². The molecule has 0 amide bonds. The number of hydrogen-bond donors (Lipinski definition) is 0. The maximum atomic E-state index is 12.5. The Morgan fingerprint density at radius 3 is 2.70 bits per heavy atom. The van der Waals surface area contributed by atoms with Crippen LogP contribution in [0.25, 0.3) is 0 Å². The van der Waals surface area contributed by atoms with Gasteiger partial charge in [0.15, 0.2) is 17.3 Å². The third-order valence-electron chi connectivity index (χ3n) is 4.92. The highest BCUT2D eigenvalue weighted by Crippen LogP contribution is 2.50. The molecule has 2 aromatic carbocycles. The summed E-state index contributed by atoms with van der Waals surface area (Å²) in [5, 5.41) is 0. The smallest absolute Gasteiger partial charge is 0.339 e. The highest BCUT2D eigenvalue weighted by atomic mass is 16.7. The Labute approximate surface area is 155 Å². The van der Waals surface area contributed by atoms with Crippen molar-refractivity contribution in [3.8, 4) is 28.7 Å². The minimum atomic E-state index is -0.391. The predicted molar refractivity (Wildman–Crippen MR) is 92.6 cm³/mol. The van der Waals surface area contributed by atoms with Crippen LogP contribution in [0.5, 0.6) is 28.7 Å². The van der Waals surface area contributed by atoms with Gasteiger partial charge < -0.3 is 28.4 Å². The predicted octanol–water partition coefficient (Wildman–Crippen LogP) is 2.77. The number of carbonyl (C=O) groups excluding carboxylic acids is 1. The fourth-order valence-corrected chi connectivity index (χ4v) is 3.69. The van der Waals surface area contributed by atoms with Crippen molar-refractivity contribution in [3.63, 3.8) is 0 Å². The van der Waals surface area contributed by atoms with Crippen molar-refractivity contribution < 1.29 is 33.2 Å². The maximum Gasteiger partial charge on any atom is 0.339 e. The van der Waals surface area contributed by atoms with Gasteiger partial charge in [-0.3, -0.25) is 0 Å². The summed E-state index contributed by atoms with van der Waals surface area (Å²) < 4.78 is 33.0. The standard InChI is InChI=1S/C20H16O7/c1-22-11-3-4-13-12(7-11)17(18-16(27-13)8-24-20(18)21)10-5-14(23-2)19-15(6-10)25-9-26-19/h3-7,17H,8-9H2,1-2H3/t17-/m1/s1. The van der Waals surface area contributed by atoms with E-state index in [1.54, 1.807) is 14.2 Å². The first-order chi connectivity index (χ1) is 13.2. The Balaban J connectivity index is 1.73. The van der Waals surface area contributed by atoms with Crippen molar-refractivity contribution in [2.24, 2.45) is 0 Å². The number of methoxy groups -OCH3 is 2. The zero-order chi connectivity index (χ0) is 18.5. The number of cyclic esters (lactones) is 1. The molecule has 0 bridgehead atoms. The van der Waals surface area contributed by atoms with E-state index in [0.29, 0.717) is 40.1 Å². The van der Waals surface area contributed by atoms with E-state index in [2.05, 4.69) is 0 Å². The van der Waals surface area contributed by atoms with Crippen molar-refractivity contribution in [2.75, 3.05) is 27.6 Å². The van der Waals surface area contributed by atoms with Crippen LogP contribution in [0.15, 0.2) is 41.7 Å². The average molecular weight is 368 g/mol. The van der Waals surface area contributed by atoms with E-state index in [0.717, 1.165) is 11.1 Å². The molecule has 7 nitrogen and oxygen atoms in total. The highest BCUT2D eigenvalue weighted by Gasteiger charge is 2.41. The molecule has 27 heavy (non-hydrogen) atoms. The highest BCUT2D eigenvalue weighted by molar-refractivity contribution is 5.95. The average Bonchev–Trinajstić information content (AvgIpc) is 3.31. The van der Waals surface area contributed by atoms with E-state index in [4.69, 9.17) is 28.4 Å². The van der Waals surface area contributed by atoms with Crippen LogP contribution in [-0.4, -0.2) is 33.6 Å². The van der Waals surface area contributed by atoms with E-state index in [9.17, 15) is 4.79 Å². The van der Waals surface area contributed by atoms with Gasteiger partial charge >= 0.3 is 5.97 Å². The van der Waals surface area contributed by atoms with Crippen molar-refractivity contribution in [1.29, 1.82) is 0 Å². The van der Waals surface area contributed by atoms with Crippen LogP contribution in [-0.2, 0) is 9.53 Å². The molecule has 3 aliphatic rings. The summed E-state index contributed by atoms with van der Waals surface area (Å²) in [5.74, 6) is 2.76. The number of rotatable bonds is 3. The number of carbonyl (C=O) groups is 1. The molecule has 3 heterocycles. The van der Waals surface area contributed by atoms with E-state index < -0.39 is 5.92 Å². The van der Waals surface area contributed by atoms with Gasteiger partial charge in [-0.25, -0.2) is 4.79 Å². The molecular formula is C20H16O7. The van der Waals surface area contributed by atoms with Crippen molar-refractivity contribution >= 4 is 5.97 Å². The van der Waals surface area contributed by atoms with Crippen molar-refractivity contribution in [3.05, 3.63) is 52.8 Å². The van der Waals surface area contributed by atoms with Crippen molar-refractivity contribution in [1.82, 2.24) is 0 Å². The maximum absolute atomic E-state index is 12.5. The van der Waals surface area contributed by atoms with Crippen LogP contribution >= 0.6 is 0 Å². The molecule has 0 radical (unpaired) electrons.